The third-order valence-corrected chi connectivity index (χ3v) is 2.37. The summed E-state index contributed by atoms with van der Waals surface area (Å²) in [6, 6.07) is 3.21. The second-order valence-electron chi connectivity index (χ2n) is 3.46. The van der Waals surface area contributed by atoms with Crippen molar-refractivity contribution in [3.05, 3.63) is 41.2 Å². The summed E-state index contributed by atoms with van der Waals surface area (Å²) in [7, 11) is 1.67. The van der Waals surface area contributed by atoms with E-state index >= 15 is 0 Å². The van der Waals surface area contributed by atoms with E-state index in [1.54, 1.807) is 19.2 Å². The van der Waals surface area contributed by atoms with Gasteiger partial charge in [-0.1, -0.05) is 11.6 Å². The number of nitrogens with one attached hydrogen (secondary N) is 1. The lowest BCUT2D eigenvalue weighted by molar-refractivity contribution is 0.0776. The van der Waals surface area contributed by atoms with E-state index < -0.39 is 0 Å². The number of halogens is 1. The molecule has 0 aliphatic rings. The molecule has 2 aromatic heterocycles. The highest BCUT2D eigenvalue weighted by Gasteiger charge is 2.14. The minimum absolute atomic E-state index is 0.196. The molecule has 2 rings (SSSR count). The SMILES string of the molecule is CN(Cc1ncn[nH]1)C(=O)c1ccc(Cl)cn1. The molecule has 0 atom stereocenters. The minimum atomic E-state index is -0.196. The van der Waals surface area contributed by atoms with Gasteiger partial charge in [0.05, 0.1) is 11.6 Å². The zero-order chi connectivity index (χ0) is 12.3. The van der Waals surface area contributed by atoms with Crippen molar-refractivity contribution < 1.29 is 4.79 Å². The molecule has 0 spiro atoms. The van der Waals surface area contributed by atoms with Gasteiger partial charge in [0.15, 0.2) is 0 Å². The van der Waals surface area contributed by atoms with E-state index in [0.717, 1.165) is 0 Å². The molecule has 0 aromatic carbocycles. The Morgan fingerprint density at radius 2 is 2.29 bits per heavy atom. The topological polar surface area (TPSA) is 74.8 Å². The normalized spacial score (nSPS) is 10.2. The van der Waals surface area contributed by atoms with Crippen LogP contribution in [0.3, 0.4) is 0 Å². The number of aromatic amines is 1. The molecule has 17 heavy (non-hydrogen) atoms. The van der Waals surface area contributed by atoms with E-state index in [-0.39, 0.29) is 5.91 Å². The third-order valence-electron chi connectivity index (χ3n) is 2.15. The van der Waals surface area contributed by atoms with Crippen molar-refractivity contribution in [2.75, 3.05) is 7.05 Å². The van der Waals surface area contributed by atoms with Crippen molar-refractivity contribution in [1.29, 1.82) is 0 Å². The minimum Gasteiger partial charge on any atom is -0.333 e. The number of hydrogen-bond donors (Lipinski definition) is 1. The summed E-state index contributed by atoms with van der Waals surface area (Å²) >= 11 is 5.70. The van der Waals surface area contributed by atoms with E-state index in [2.05, 4.69) is 20.2 Å². The van der Waals surface area contributed by atoms with Crippen molar-refractivity contribution in [2.45, 2.75) is 6.54 Å². The molecule has 88 valence electrons. The maximum Gasteiger partial charge on any atom is 0.272 e. The Bertz CT molecular complexity index is 496. The maximum atomic E-state index is 11.9. The lowest BCUT2D eigenvalue weighted by atomic mass is 10.3. The predicted octanol–water partition coefficient (Wildman–Crippen LogP) is 1.13. The second kappa shape index (κ2) is 4.92. The van der Waals surface area contributed by atoms with Crippen LogP contribution in [0.5, 0.6) is 0 Å². The summed E-state index contributed by atoms with van der Waals surface area (Å²) in [4.78, 5) is 21.3. The fraction of sp³-hybridized carbons (Fsp3) is 0.200. The highest BCUT2D eigenvalue weighted by molar-refractivity contribution is 6.30. The molecule has 0 aliphatic carbocycles. The summed E-state index contributed by atoms with van der Waals surface area (Å²) in [6.45, 7) is 0.350. The maximum absolute atomic E-state index is 11.9. The Morgan fingerprint density at radius 1 is 1.47 bits per heavy atom. The monoisotopic (exact) mass is 251 g/mol. The first-order chi connectivity index (χ1) is 8.16. The van der Waals surface area contributed by atoms with Gasteiger partial charge in [-0.2, -0.15) is 5.10 Å². The number of pyridine rings is 1. The molecule has 0 radical (unpaired) electrons. The average molecular weight is 252 g/mol. The predicted molar refractivity (Wildman–Crippen MR) is 61.4 cm³/mol. The van der Waals surface area contributed by atoms with Gasteiger partial charge in [0, 0.05) is 13.2 Å². The van der Waals surface area contributed by atoms with Crippen LogP contribution in [0.25, 0.3) is 0 Å². The molecule has 0 saturated carbocycles. The number of rotatable bonds is 3. The molecule has 1 amide bonds. The largest absolute Gasteiger partial charge is 0.333 e. The van der Waals surface area contributed by atoms with Crippen LogP contribution in [0.2, 0.25) is 5.02 Å². The zero-order valence-electron chi connectivity index (χ0n) is 9.09. The summed E-state index contributed by atoms with van der Waals surface area (Å²) in [5.74, 6) is 0.424. The molecule has 7 heteroatoms. The summed E-state index contributed by atoms with van der Waals surface area (Å²) in [6.07, 6.45) is 2.84. The van der Waals surface area contributed by atoms with E-state index in [1.807, 2.05) is 0 Å². The Balaban J connectivity index is 2.07. The smallest absolute Gasteiger partial charge is 0.272 e. The molecule has 0 bridgehead atoms. The lowest BCUT2D eigenvalue weighted by Gasteiger charge is -2.14. The molecule has 0 aliphatic heterocycles. The fourth-order valence-electron chi connectivity index (χ4n) is 1.30. The summed E-state index contributed by atoms with van der Waals surface area (Å²) in [5.41, 5.74) is 0.344. The van der Waals surface area contributed by atoms with Crippen molar-refractivity contribution in [2.24, 2.45) is 0 Å². The third kappa shape index (κ3) is 2.79. The van der Waals surface area contributed by atoms with Gasteiger partial charge >= 0.3 is 0 Å². The standard InChI is InChI=1S/C10H10ClN5O/c1-16(5-9-13-6-14-15-9)10(17)8-3-2-7(11)4-12-8/h2-4,6H,5H2,1H3,(H,13,14,15). The van der Waals surface area contributed by atoms with Crippen LogP contribution in [0.15, 0.2) is 24.7 Å². The van der Waals surface area contributed by atoms with Gasteiger partial charge in [-0.3, -0.25) is 9.89 Å². The first kappa shape index (κ1) is 11.5. The molecule has 0 unspecified atom stereocenters. The van der Waals surface area contributed by atoms with Gasteiger partial charge in [-0.25, -0.2) is 9.97 Å². The number of amides is 1. The van der Waals surface area contributed by atoms with Gasteiger partial charge in [-0.15, -0.1) is 0 Å². The average Bonchev–Trinajstić information content (AvgIpc) is 2.82. The van der Waals surface area contributed by atoms with Crippen LogP contribution in [0.1, 0.15) is 16.3 Å². The number of nitrogens with zero attached hydrogens (tertiary/aromatic N) is 4. The zero-order valence-corrected chi connectivity index (χ0v) is 9.85. The second-order valence-corrected chi connectivity index (χ2v) is 3.89. The number of aromatic nitrogens is 4. The molecular weight excluding hydrogens is 242 g/mol. The first-order valence-corrected chi connectivity index (χ1v) is 5.26. The van der Waals surface area contributed by atoms with Gasteiger partial charge < -0.3 is 4.90 Å². The van der Waals surface area contributed by atoms with E-state index in [9.17, 15) is 4.79 Å². The van der Waals surface area contributed by atoms with Crippen LogP contribution in [-0.2, 0) is 6.54 Å². The Labute approximate surface area is 103 Å². The van der Waals surface area contributed by atoms with Gasteiger partial charge in [0.2, 0.25) is 0 Å². The summed E-state index contributed by atoms with van der Waals surface area (Å²) in [5, 5.41) is 6.90. The number of hydrogen-bond acceptors (Lipinski definition) is 4. The van der Waals surface area contributed by atoms with Crippen LogP contribution < -0.4 is 0 Å². The Morgan fingerprint density at radius 3 is 2.88 bits per heavy atom. The molecule has 2 aromatic rings. The van der Waals surface area contributed by atoms with Gasteiger partial charge in [0.1, 0.15) is 17.8 Å². The van der Waals surface area contributed by atoms with Crippen molar-refractivity contribution >= 4 is 17.5 Å². The van der Waals surface area contributed by atoms with Crippen molar-refractivity contribution in [3.8, 4) is 0 Å². The van der Waals surface area contributed by atoms with E-state index in [4.69, 9.17) is 11.6 Å². The van der Waals surface area contributed by atoms with Gasteiger partial charge in [0.25, 0.3) is 5.91 Å². The van der Waals surface area contributed by atoms with Crippen LogP contribution in [-0.4, -0.2) is 38.0 Å². The lowest BCUT2D eigenvalue weighted by Crippen LogP contribution is -2.27. The molecule has 6 nitrogen and oxygen atoms in total. The highest BCUT2D eigenvalue weighted by atomic mass is 35.5. The van der Waals surface area contributed by atoms with Crippen molar-refractivity contribution in [3.63, 3.8) is 0 Å². The molecule has 2 heterocycles. The quantitative estimate of drug-likeness (QED) is 0.887. The van der Waals surface area contributed by atoms with Crippen LogP contribution in [0, 0.1) is 0 Å². The number of carbonyl (C=O) groups is 1. The molecule has 1 N–H and O–H groups in total. The Kier molecular flexibility index (Phi) is 3.34. The first-order valence-electron chi connectivity index (χ1n) is 4.88. The van der Waals surface area contributed by atoms with Gasteiger partial charge in [-0.05, 0) is 12.1 Å². The van der Waals surface area contributed by atoms with E-state index in [0.29, 0.717) is 23.1 Å². The molecular formula is C10H10ClN5O. The number of H-pyrrole nitrogens is 1. The summed E-state index contributed by atoms with van der Waals surface area (Å²) < 4.78 is 0. The Hall–Kier alpha value is -1.95. The van der Waals surface area contributed by atoms with Crippen molar-refractivity contribution in [1.82, 2.24) is 25.1 Å². The highest BCUT2D eigenvalue weighted by Crippen LogP contribution is 2.08. The molecule has 0 saturated heterocycles. The van der Waals surface area contributed by atoms with Crippen LogP contribution >= 0.6 is 11.6 Å². The number of carbonyl (C=O) groups excluding carboxylic acids is 1. The van der Waals surface area contributed by atoms with Crippen LogP contribution in [0.4, 0.5) is 0 Å². The van der Waals surface area contributed by atoms with E-state index in [1.165, 1.54) is 17.4 Å². The fourth-order valence-corrected chi connectivity index (χ4v) is 1.41. The molecule has 0 fully saturated rings.